The van der Waals surface area contributed by atoms with E-state index >= 15 is 0 Å². The van der Waals surface area contributed by atoms with Gasteiger partial charge < -0.3 is 0 Å². The van der Waals surface area contributed by atoms with E-state index in [4.69, 9.17) is 0 Å². The Hall–Kier alpha value is -1.96. The average molecular weight is 693 g/mol. The van der Waals surface area contributed by atoms with Gasteiger partial charge in [-0.1, -0.05) is 13.8 Å². The first-order chi connectivity index (χ1) is 19.6. The molecule has 2 atom stereocenters. The monoisotopic (exact) mass is 690 g/mol. The summed E-state index contributed by atoms with van der Waals surface area (Å²) in [5.41, 5.74) is 15.2. The first-order valence-electron chi connectivity index (χ1n) is 15.4. The predicted molar refractivity (Wildman–Crippen MR) is 192 cm³/mol. The molecule has 0 saturated carbocycles. The van der Waals surface area contributed by atoms with Gasteiger partial charge in [-0.25, -0.2) is 0 Å². The Labute approximate surface area is 273 Å². The van der Waals surface area contributed by atoms with E-state index in [0.29, 0.717) is 7.25 Å². The van der Waals surface area contributed by atoms with E-state index in [1.165, 1.54) is 44.9 Å². The van der Waals surface area contributed by atoms with Gasteiger partial charge in [-0.05, 0) is 0 Å². The van der Waals surface area contributed by atoms with E-state index in [1.807, 2.05) is 13.8 Å². The van der Waals surface area contributed by atoms with E-state index in [1.54, 1.807) is 22.3 Å². The number of halogens is 2. The maximum Gasteiger partial charge on any atom is -0.147 e. The van der Waals surface area contributed by atoms with Crippen molar-refractivity contribution in [1.29, 1.82) is 0 Å². The van der Waals surface area contributed by atoms with Crippen LogP contribution in [0.3, 0.4) is 0 Å². The number of allylic oxidation sites excluding steroid dienone is 2. The molecule has 0 heterocycles. The summed E-state index contributed by atoms with van der Waals surface area (Å²) in [7, 11) is 1.34. The summed E-state index contributed by atoms with van der Waals surface area (Å²) in [5.74, 6) is 0. The quantitative estimate of drug-likeness (QED) is 0.169. The van der Waals surface area contributed by atoms with Gasteiger partial charge in [0.1, 0.15) is 0 Å². The zero-order valence-electron chi connectivity index (χ0n) is 26.0. The van der Waals surface area contributed by atoms with Gasteiger partial charge in [-0.15, -0.1) is 24.8 Å². The minimum Gasteiger partial charge on any atom is -0.147 e. The number of fused-ring (bicyclic) bond motifs is 2. The zero-order valence-corrected chi connectivity index (χ0v) is 32.1. The van der Waals surface area contributed by atoms with Crippen LogP contribution in [0.4, 0.5) is 0 Å². The normalized spacial score (nSPS) is 17.7. The molecule has 220 valence electrons. The van der Waals surface area contributed by atoms with E-state index in [9.17, 15) is 0 Å². The molecule has 2 aliphatic carbocycles. The summed E-state index contributed by atoms with van der Waals surface area (Å²) < 4.78 is 2.75. The summed E-state index contributed by atoms with van der Waals surface area (Å²) in [4.78, 5) is 0. The molecule has 0 fully saturated rings. The van der Waals surface area contributed by atoms with Crippen molar-refractivity contribution in [3.05, 3.63) is 130 Å². The fourth-order valence-corrected chi connectivity index (χ4v) is 28.6. The summed E-state index contributed by atoms with van der Waals surface area (Å²) in [6.45, 7) is 11.3. The molecule has 0 aliphatic heterocycles. The molecular formula is C38H46Cl2SiZr. The van der Waals surface area contributed by atoms with Crippen molar-refractivity contribution in [2.24, 2.45) is 0 Å². The van der Waals surface area contributed by atoms with E-state index in [-0.39, 0.29) is 24.8 Å². The Kier molecular flexibility index (Phi) is 12.5. The van der Waals surface area contributed by atoms with Gasteiger partial charge in [-0.3, -0.25) is 0 Å². The molecule has 0 nitrogen and oxygen atoms in total. The molecule has 4 aromatic carbocycles. The first kappa shape index (κ1) is 34.5. The molecule has 0 spiro atoms. The molecule has 4 heteroatoms. The Morgan fingerprint density at radius 3 is 1.26 bits per heavy atom. The minimum absolute atomic E-state index is 0. The van der Waals surface area contributed by atoms with Gasteiger partial charge in [0.05, 0.1) is 0 Å². The van der Waals surface area contributed by atoms with Crippen molar-refractivity contribution in [2.75, 3.05) is 0 Å². The molecule has 42 heavy (non-hydrogen) atoms. The van der Waals surface area contributed by atoms with E-state index < -0.39 is 19.4 Å². The second-order valence-electron chi connectivity index (χ2n) is 11.2. The molecular weight excluding hydrogens is 647 g/mol. The second kappa shape index (κ2) is 15.2. The molecule has 0 amide bonds. The van der Waals surface area contributed by atoms with Gasteiger partial charge in [0.2, 0.25) is 0 Å². The van der Waals surface area contributed by atoms with Crippen LogP contribution in [0, 0.1) is 0 Å². The van der Waals surface area contributed by atoms with Crippen LogP contribution in [0.15, 0.2) is 108 Å². The number of hydrogen-bond donors (Lipinski definition) is 0. The Morgan fingerprint density at radius 2 is 0.929 bits per heavy atom. The predicted octanol–water partition coefficient (Wildman–Crippen LogP) is 11.2. The van der Waals surface area contributed by atoms with Gasteiger partial charge in [0.25, 0.3) is 0 Å². The maximum atomic E-state index is 2.60. The van der Waals surface area contributed by atoms with Crippen LogP contribution in [-0.4, -0.2) is 7.37 Å². The summed E-state index contributed by atoms with van der Waals surface area (Å²) in [6.07, 6.45) is 7.52. The summed E-state index contributed by atoms with van der Waals surface area (Å²) in [5, 5.41) is 0. The van der Waals surface area contributed by atoms with Crippen molar-refractivity contribution in [1.82, 2.24) is 0 Å². The molecule has 6 rings (SSSR count). The number of hydrogen-bond acceptors (Lipinski definition) is 0. The third-order valence-electron chi connectivity index (χ3n) is 9.37. The smallest absolute Gasteiger partial charge is 0.147 e. The number of benzene rings is 4. The van der Waals surface area contributed by atoms with Crippen molar-refractivity contribution < 1.29 is 19.4 Å². The van der Waals surface area contributed by atoms with Crippen molar-refractivity contribution in [2.45, 2.75) is 58.8 Å². The average Bonchev–Trinajstić information content (AvgIpc) is 3.61. The molecule has 0 bridgehead atoms. The topological polar surface area (TPSA) is 0 Å². The molecule has 2 unspecified atom stereocenters. The van der Waals surface area contributed by atoms with Gasteiger partial charge in [0, 0.05) is 0 Å². The van der Waals surface area contributed by atoms with Crippen LogP contribution in [0.5, 0.6) is 0 Å². The minimum atomic E-state index is -2.79. The third-order valence-corrected chi connectivity index (χ3v) is 34.0. The standard InChI is InChI=1S/2C17H15.C2H6.C2H5.2ClH.H3Si.Zr/c2*1-2-13-11-15-9-6-10-16(17(15)12-13)14-7-4-3-5-8-14;2*1-2;;;;/h2*3-12H,2H2,1H3;1-2H3;1H2,2H3;2*1H;1H3;. The van der Waals surface area contributed by atoms with Gasteiger partial charge in [0.15, 0.2) is 0 Å². The largest absolute Gasteiger partial charge is 0.147 e. The van der Waals surface area contributed by atoms with Crippen molar-refractivity contribution >= 4 is 44.3 Å². The van der Waals surface area contributed by atoms with Crippen LogP contribution in [0.25, 0.3) is 34.4 Å². The fourth-order valence-electron chi connectivity index (χ4n) is 7.41. The molecule has 2 aliphatic rings. The second-order valence-corrected chi connectivity index (χ2v) is 34.2. The Balaban J connectivity index is 0.00000119. The summed E-state index contributed by atoms with van der Waals surface area (Å²) in [6, 6.07) is 36.3. The molecule has 0 radical (unpaired) electrons. The maximum absolute atomic E-state index is 2.79. The van der Waals surface area contributed by atoms with Gasteiger partial charge >= 0.3 is 237 Å². The molecule has 0 N–H and O–H groups in total. The van der Waals surface area contributed by atoms with Gasteiger partial charge in [-0.2, -0.15) is 0 Å². The van der Waals surface area contributed by atoms with Crippen molar-refractivity contribution in [3.63, 3.8) is 0 Å². The number of rotatable bonds is 7. The van der Waals surface area contributed by atoms with E-state index in [0.717, 1.165) is 12.8 Å². The van der Waals surface area contributed by atoms with Crippen LogP contribution < -0.4 is 0 Å². The molecule has 0 saturated heterocycles. The Morgan fingerprint density at radius 1 is 0.548 bits per heavy atom. The molecule has 0 aromatic heterocycles. The van der Waals surface area contributed by atoms with E-state index in [2.05, 4.69) is 130 Å². The fraction of sp³-hybridized carbons (Fsp3) is 0.263. The molecule has 4 aromatic rings. The SMILES string of the molecule is CC.CCC1=Cc2c(-c3ccccc3)cccc2[CH]1[Zr]([SiH3])([CH2]C)[CH]1C(CC)=Cc2c(-c3ccccc3)cccc21.Cl.Cl. The Bertz CT molecular complexity index is 1430. The summed E-state index contributed by atoms with van der Waals surface area (Å²) >= 11 is -2.79. The van der Waals surface area contributed by atoms with Crippen LogP contribution in [-0.2, 0) is 19.4 Å². The van der Waals surface area contributed by atoms with Crippen LogP contribution >= 0.6 is 24.8 Å². The van der Waals surface area contributed by atoms with Crippen LogP contribution in [0.1, 0.15) is 77.0 Å². The van der Waals surface area contributed by atoms with Crippen LogP contribution in [0.2, 0.25) is 4.13 Å². The zero-order chi connectivity index (χ0) is 28.3. The third kappa shape index (κ3) is 6.03. The first-order valence-corrected chi connectivity index (χ1v) is 28.3. The van der Waals surface area contributed by atoms with Crippen molar-refractivity contribution in [3.8, 4) is 22.3 Å².